The number of rotatable bonds is 3. The third kappa shape index (κ3) is 2.60. The van der Waals surface area contributed by atoms with Crippen LogP contribution in [-0.4, -0.2) is 12.6 Å². The Morgan fingerprint density at radius 1 is 1.64 bits per heavy atom. The summed E-state index contributed by atoms with van der Waals surface area (Å²) < 4.78 is 5.61. The van der Waals surface area contributed by atoms with Crippen LogP contribution in [0.3, 0.4) is 0 Å². The summed E-state index contributed by atoms with van der Waals surface area (Å²) in [6.07, 6.45) is 1.51. The monoisotopic (exact) mass is 255 g/mol. The number of esters is 1. The van der Waals surface area contributed by atoms with Gasteiger partial charge in [0, 0.05) is 10.2 Å². The van der Waals surface area contributed by atoms with Crippen molar-refractivity contribution in [2.24, 2.45) is 0 Å². The highest BCUT2D eigenvalue weighted by atomic mass is 79.9. The van der Waals surface area contributed by atoms with E-state index in [2.05, 4.69) is 22.5 Å². The molecule has 0 aliphatic rings. The first kappa shape index (κ1) is 10.8. The Kier molecular flexibility index (Phi) is 3.71. The van der Waals surface area contributed by atoms with Crippen molar-refractivity contribution in [1.82, 2.24) is 0 Å². The number of carbonyl (C=O) groups excluding carboxylic acids is 1. The molecule has 2 N–H and O–H groups in total. The zero-order valence-electron chi connectivity index (χ0n) is 7.50. The smallest absolute Gasteiger partial charge is 0.338 e. The molecule has 1 aromatic carbocycles. The van der Waals surface area contributed by atoms with Crippen molar-refractivity contribution in [2.75, 3.05) is 12.3 Å². The predicted molar refractivity (Wildman–Crippen MR) is 59.0 cm³/mol. The summed E-state index contributed by atoms with van der Waals surface area (Å²) in [5.41, 5.74) is 6.56. The maximum atomic E-state index is 11.3. The normalized spacial score (nSPS) is 9.50. The third-order valence-electron chi connectivity index (χ3n) is 1.56. The molecule has 1 rings (SSSR count). The Morgan fingerprint density at radius 2 is 2.36 bits per heavy atom. The number of nitrogens with two attached hydrogens (primary N) is 1. The van der Waals surface area contributed by atoms with Gasteiger partial charge in [-0.1, -0.05) is 12.7 Å². The largest absolute Gasteiger partial charge is 0.458 e. The summed E-state index contributed by atoms with van der Waals surface area (Å²) in [4.78, 5) is 11.3. The standard InChI is InChI=1S/C10H10BrNO2/c1-2-5-14-10(13)7-3-4-8(11)9(12)6-7/h2-4,6H,1,5,12H2. The molecule has 0 heterocycles. The summed E-state index contributed by atoms with van der Waals surface area (Å²) >= 11 is 3.24. The predicted octanol–water partition coefficient (Wildman–Crippen LogP) is 2.37. The Labute approximate surface area is 90.7 Å². The van der Waals surface area contributed by atoms with Crippen LogP contribution in [-0.2, 0) is 4.74 Å². The first-order valence-electron chi connectivity index (χ1n) is 3.98. The van der Waals surface area contributed by atoms with E-state index in [1.165, 1.54) is 6.08 Å². The fourth-order valence-corrected chi connectivity index (χ4v) is 1.14. The molecule has 0 amide bonds. The van der Waals surface area contributed by atoms with Gasteiger partial charge in [0.15, 0.2) is 0 Å². The first-order valence-corrected chi connectivity index (χ1v) is 4.77. The van der Waals surface area contributed by atoms with E-state index in [9.17, 15) is 4.79 Å². The summed E-state index contributed by atoms with van der Waals surface area (Å²) in [5.74, 6) is -0.399. The topological polar surface area (TPSA) is 52.3 Å². The second kappa shape index (κ2) is 4.81. The number of nitrogen functional groups attached to an aromatic ring is 1. The summed E-state index contributed by atoms with van der Waals surface area (Å²) in [7, 11) is 0. The molecule has 74 valence electrons. The minimum atomic E-state index is -0.399. The van der Waals surface area contributed by atoms with Crippen molar-refractivity contribution < 1.29 is 9.53 Å². The van der Waals surface area contributed by atoms with E-state index in [1.807, 2.05) is 0 Å². The van der Waals surface area contributed by atoms with Gasteiger partial charge in [-0.05, 0) is 34.1 Å². The van der Waals surface area contributed by atoms with Gasteiger partial charge in [-0.3, -0.25) is 0 Å². The molecule has 0 atom stereocenters. The molecule has 0 aliphatic carbocycles. The molecule has 0 unspecified atom stereocenters. The highest BCUT2D eigenvalue weighted by Crippen LogP contribution is 2.20. The van der Waals surface area contributed by atoms with Gasteiger partial charge < -0.3 is 10.5 Å². The zero-order valence-corrected chi connectivity index (χ0v) is 9.08. The molecule has 0 radical (unpaired) electrons. The van der Waals surface area contributed by atoms with E-state index in [1.54, 1.807) is 18.2 Å². The van der Waals surface area contributed by atoms with Gasteiger partial charge >= 0.3 is 5.97 Å². The molecule has 0 saturated heterocycles. The number of anilines is 1. The lowest BCUT2D eigenvalue weighted by molar-refractivity contribution is 0.0550. The van der Waals surface area contributed by atoms with E-state index in [-0.39, 0.29) is 6.61 Å². The molecule has 3 nitrogen and oxygen atoms in total. The summed E-state index contributed by atoms with van der Waals surface area (Å²) in [6.45, 7) is 3.65. The van der Waals surface area contributed by atoms with Gasteiger partial charge in [0.05, 0.1) is 5.56 Å². The number of hydrogen-bond donors (Lipinski definition) is 1. The molecule has 0 aliphatic heterocycles. The number of benzene rings is 1. The lowest BCUT2D eigenvalue weighted by Crippen LogP contribution is -2.05. The van der Waals surface area contributed by atoms with Crippen LogP contribution < -0.4 is 5.73 Å². The van der Waals surface area contributed by atoms with Crippen molar-refractivity contribution in [3.05, 3.63) is 40.9 Å². The molecule has 14 heavy (non-hydrogen) atoms. The third-order valence-corrected chi connectivity index (χ3v) is 2.29. The average molecular weight is 256 g/mol. The minimum absolute atomic E-state index is 0.203. The molecule has 0 saturated carbocycles. The SMILES string of the molecule is C=CCOC(=O)c1ccc(Br)c(N)c1. The Hall–Kier alpha value is -1.29. The molecule has 0 bridgehead atoms. The van der Waals surface area contributed by atoms with Gasteiger partial charge in [0.1, 0.15) is 6.61 Å². The van der Waals surface area contributed by atoms with Gasteiger partial charge in [0.2, 0.25) is 0 Å². The molecule has 0 aromatic heterocycles. The molecule has 0 spiro atoms. The van der Waals surface area contributed by atoms with Crippen LogP contribution >= 0.6 is 15.9 Å². The summed E-state index contributed by atoms with van der Waals surface area (Å²) in [6, 6.07) is 4.92. The van der Waals surface area contributed by atoms with Crippen molar-refractivity contribution in [1.29, 1.82) is 0 Å². The van der Waals surface area contributed by atoms with Crippen molar-refractivity contribution in [3.8, 4) is 0 Å². The average Bonchev–Trinajstić information content (AvgIpc) is 2.18. The van der Waals surface area contributed by atoms with Gasteiger partial charge in [-0.2, -0.15) is 0 Å². The zero-order chi connectivity index (χ0) is 10.6. The molecular formula is C10H10BrNO2. The second-order valence-electron chi connectivity index (χ2n) is 2.62. The molecule has 4 heteroatoms. The van der Waals surface area contributed by atoms with Gasteiger partial charge in [-0.25, -0.2) is 4.79 Å². The second-order valence-corrected chi connectivity index (χ2v) is 3.48. The van der Waals surface area contributed by atoms with Crippen LogP contribution in [0.4, 0.5) is 5.69 Å². The number of hydrogen-bond acceptors (Lipinski definition) is 3. The number of ether oxygens (including phenoxy) is 1. The Bertz CT molecular complexity index is 363. The van der Waals surface area contributed by atoms with Crippen molar-refractivity contribution in [3.63, 3.8) is 0 Å². The van der Waals surface area contributed by atoms with Crippen LogP contribution in [0, 0.1) is 0 Å². The Morgan fingerprint density at radius 3 is 2.93 bits per heavy atom. The lowest BCUT2D eigenvalue weighted by Gasteiger charge is -2.03. The van der Waals surface area contributed by atoms with E-state index in [0.717, 1.165) is 4.47 Å². The van der Waals surface area contributed by atoms with Crippen LogP contribution in [0.25, 0.3) is 0 Å². The van der Waals surface area contributed by atoms with E-state index in [4.69, 9.17) is 10.5 Å². The lowest BCUT2D eigenvalue weighted by atomic mass is 10.2. The van der Waals surface area contributed by atoms with Crippen molar-refractivity contribution >= 4 is 27.6 Å². The van der Waals surface area contributed by atoms with E-state index in [0.29, 0.717) is 11.3 Å². The quantitative estimate of drug-likeness (QED) is 0.513. The van der Waals surface area contributed by atoms with Crippen LogP contribution in [0.1, 0.15) is 10.4 Å². The van der Waals surface area contributed by atoms with E-state index >= 15 is 0 Å². The molecule has 1 aromatic rings. The molecule has 0 fully saturated rings. The van der Waals surface area contributed by atoms with E-state index < -0.39 is 5.97 Å². The number of carbonyl (C=O) groups is 1. The molecular weight excluding hydrogens is 246 g/mol. The van der Waals surface area contributed by atoms with Crippen LogP contribution in [0.5, 0.6) is 0 Å². The Balaban J connectivity index is 2.80. The van der Waals surface area contributed by atoms with Crippen LogP contribution in [0.2, 0.25) is 0 Å². The van der Waals surface area contributed by atoms with Gasteiger partial charge in [0.25, 0.3) is 0 Å². The van der Waals surface area contributed by atoms with Gasteiger partial charge in [-0.15, -0.1) is 0 Å². The number of halogens is 1. The highest BCUT2D eigenvalue weighted by Gasteiger charge is 2.07. The van der Waals surface area contributed by atoms with Crippen LogP contribution in [0.15, 0.2) is 35.3 Å². The summed E-state index contributed by atoms with van der Waals surface area (Å²) in [5, 5.41) is 0. The highest BCUT2D eigenvalue weighted by molar-refractivity contribution is 9.10. The maximum Gasteiger partial charge on any atom is 0.338 e. The fraction of sp³-hybridized carbons (Fsp3) is 0.100. The minimum Gasteiger partial charge on any atom is -0.458 e. The first-order chi connectivity index (χ1) is 6.65. The van der Waals surface area contributed by atoms with Crippen molar-refractivity contribution in [2.45, 2.75) is 0 Å². The fourth-order valence-electron chi connectivity index (χ4n) is 0.889. The maximum absolute atomic E-state index is 11.3.